The zero-order valence-corrected chi connectivity index (χ0v) is 24.3. The molecule has 0 saturated carbocycles. The van der Waals surface area contributed by atoms with E-state index in [1.165, 1.54) is 89.9 Å². The van der Waals surface area contributed by atoms with Gasteiger partial charge in [0.1, 0.15) is 6.10 Å². The van der Waals surface area contributed by atoms with Crippen LogP contribution in [0, 0.1) is 0 Å². The van der Waals surface area contributed by atoms with Crippen molar-refractivity contribution in [3.8, 4) is 0 Å². The van der Waals surface area contributed by atoms with Crippen molar-refractivity contribution in [2.75, 3.05) is 0 Å². The fraction of sp³-hybridized carbons (Fsp3) is 0.938. The summed E-state index contributed by atoms with van der Waals surface area (Å²) in [4.78, 5) is 23.0. The molecule has 0 rings (SSSR count). The van der Waals surface area contributed by atoms with Crippen molar-refractivity contribution in [2.45, 2.75) is 193 Å². The molecule has 0 radical (unpaired) electrons. The number of carbonyl (C=O) groups excluding carboxylic acids is 1. The van der Waals surface area contributed by atoms with E-state index in [2.05, 4.69) is 13.8 Å². The summed E-state index contributed by atoms with van der Waals surface area (Å²) in [6, 6.07) is 0. The smallest absolute Gasteiger partial charge is 0.306 e. The second kappa shape index (κ2) is 28.5. The van der Waals surface area contributed by atoms with Gasteiger partial charge in [0, 0.05) is 12.8 Å². The molecule has 0 amide bonds. The number of carbonyl (C=O) groups is 2. The van der Waals surface area contributed by atoms with Crippen LogP contribution in [0.15, 0.2) is 0 Å². The van der Waals surface area contributed by atoms with Crippen molar-refractivity contribution in [1.82, 2.24) is 0 Å². The molecule has 0 fully saturated rings. The van der Waals surface area contributed by atoms with Crippen LogP contribution in [0.25, 0.3) is 0 Å². The van der Waals surface area contributed by atoms with Crippen molar-refractivity contribution >= 4 is 11.9 Å². The molecule has 4 nitrogen and oxygen atoms in total. The Morgan fingerprint density at radius 3 is 1.22 bits per heavy atom. The van der Waals surface area contributed by atoms with Crippen LogP contribution in [0.5, 0.6) is 0 Å². The van der Waals surface area contributed by atoms with E-state index in [4.69, 9.17) is 9.84 Å². The predicted molar refractivity (Wildman–Crippen MR) is 154 cm³/mol. The fourth-order valence-corrected chi connectivity index (χ4v) is 4.95. The van der Waals surface area contributed by atoms with Gasteiger partial charge in [-0.3, -0.25) is 9.59 Å². The zero-order valence-electron chi connectivity index (χ0n) is 24.3. The minimum absolute atomic E-state index is 0.00862. The van der Waals surface area contributed by atoms with Gasteiger partial charge >= 0.3 is 11.9 Å². The van der Waals surface area contributed by atoms with Gasteiger partial charge in [0.2, 0.25) is 0 Å². The van der Waals surface area contributed by atoms with E-state index in [-0.39, 0.29) is 18.5 Å². The Morgan fingerprint density at radius 1 is 0.500 bits per heavy atom. The summed E-state index contributed by atoms with van der Waals surface area (Å²) in [7, 11) is 0. The highest BCUT2D eigenvalue weighted by molar-refractivity contribution is 5.69. The van der Waals surface area contributed by atoms with Crippen LogP contribution in [0.2, 0.25) is 0 Å². The van der Waals surface area contributed by atoms with Gasteiger partial charge in [-0.2, -0.15) is 0 Å². The fourth-order valence-electron chi connectivity index (χ4n) is 4.95. The lowest BCUT2D eigenvalue weighted by Gasteiger charge is -2.18. The second-order valence-electron chi connectivity index (χ2n) is 11.0. The van der Waals surface area contributed by atoms with E-state index in [0.717, 1.165) is 70.6 Å². The van der Waals surface area contributed by atoms with Gasteiger partial charge in [-0.15, -0.1) is 0 Å². The molecule has 4 heteroatoms. The van der Waals surface area contributed by atoms with Gasteiger partial charge in [-0.1, -0.05) is 136 Å². The number of ether oxygens (including phenoxy) is 1. The molecule has 1 N–H and O–H groups in total. The van der Waals surface area contributed by atoms with Crippen molar-refractivity contribution in [1.29, 1.82) is 0 Å². The molecule has 0 saturated heterocycles. The summed E-state index contributed by atoms with van der Waals surface area (Å²) in [5.74, 6) is -0.684. The molecule has 36 heavy (non-hydrogen) atoms. The number of carboxylic acids is 1. The first-order valence-electron chi connectivity index (χ1n) is 16.0. The second-order valence-corrected chi connectivity index (χ2v) is 11.0. The number of rotatable bonds is 29. The van der Waals surface area contributed by atoms with E-state index in [0.29, 0.717) is 6.42 Å². The SMILES string of the molecule is CCCCCCCCCCCCCCC(=O)OC(CCCCCCC)CCCCCCCCC(=O)O. The molecule has 0 spiro atoms. The standard InChI is InChI=1S/C32H62O4/c1-3-5-7-9-10-11-12-13-14-15-21-25-29-32(35)36-30(26-22-18-8-6-4-2)27-23-19-16-17-20-24-28-31(33)34/h30H,3-29H2,1-2H3,(H,33,34). The molecule has 1 unspecified atom stereocenters. The highest BCUT2D eigenvalue weighted by Gasteiger charge is 2.14. The minimum Gasteiger partial charge on any atom is -0.481 e. The average Bonchev–Trinajstić information content (AvgIpc) is 2.85. The van der Waals surface area contributed by atoms with E-state index >= 15 is 0 Å². The van der Waals surface area contributed by atoms with Gasteiger partial charge in [0.25, 0.3) is 0 Å². The van der Waals surface area contributed by atoms with Crippen LogP contribution < -0.4 is 0 Å². The van der Waals surface area contributed by atoms with Crippen molar-refractivity contribution in [2.24, 2.45) is 0 Å². The van der Waals surface area contributed by atoms with E-state index in [1.807, 2.05) is 0 Å². The zero-order chi connectivity index (χ0) is 26.5. The maximum atomic E-state index is 12.5. The van der Waals surface area contributed by atoms with Crippen LogP contribution in [0.4, 0.5) is 0 Å². The summed E-state index contributed by atoms with van der Waals surface area (Å²) >= 11 is 0. The van der Waals surface area contributed by atoms with Gasteiger partial charge in [-0.05, 0) is 38.5 Å². The van der Waals surface area contributed by atoms with Crippen molar-refractivity contribution in [3.63, 3.8) is 0 Å². The summed E-state index contributed by atoms with van der Waals surface area (Å²) < 4.78 is 5.92. The number of esters is 1. The number of hydrogen-bond donors (Lipinski definition) is 1. The lowest BCUT2D eigenvalue weighted by Crippen LogP contribution is -2.18. The van der Waals surface area contributed by atoms with Crippen molar-refractivity contribution in [3.05, 3.63) is 0 Å². The molecule has 1 atom stereocenters. The van der Waals surface area contributed by atoms with Gasteiger partial charge in [-0.25, -0.2) is 0 Å². The third kappa shape index (κ3) is 27.5. The maximum absolute atomic E-state index is 12.5. The molecule has 0 aromatic carbocycles. The van der Waals surface area contributed by atoms with Gasteiger partial charge in [0.05, 0.1) is 0 Å². The lowest BCUT2D eigenvalue weighted by atomic mass is 10.0. The average molecular weight is 511 g/mol. The molecule has 0 heterocycles. The molecule has 0 aromatic rings. The van der Waals surface area contributed by atoms with E-state index in [9.17, 15) is 9.59 Å². The summed E-state index contributed by atoms with van der Waals surface area (Å²) in [5, 5.41) is 8.71. The van der Waals surface area contributed by atoms with Crippen LogP contribution in [0.1, 0.15) is 187 Å². The number of unbranched alkanes of at least 4 members (excludes halogenated alkanes) is 20. The molecule has 0 aromatic heterocycles. The summed E-state index contributed by atoms with van der Waals surface area (Å²) in [6.45, 7) is 4.51. The number of aliphatic carboxylic acids is 1. The summed E-state index contributed by atoms with van der Waals surface area (Å²) in [6.07, 6.45) is 31.2. The first-order chi connectivity index (χ1) is 17.6. The van der Waals surface area contributed by atoms with E-state index < -0.39 is 5.97 Å². The Balaban J connectivity index is 3.89. The number of hydrogen-bond acceptors (Lipinski definition) is 3. The molecule has 0 aliphatic rings. The van der Waals surface area contributed by atoms with E-state index in [1.54, 1.807) is 0 Å². The summed E-state index contributed by atoms with van der Waals surface area (Å²) in [5.41, 5.74) is 0. The normalized spacial score (nSPS) is 12.1. The highest BCUT2D eigenvalue weighted by Crippen LogP contribution is 2.18. The first kappa shape index (κ1) is 34.9. The monoisotopic (exact) mass is 510 g/mol. The minimum atomic E-state index is -0.693. The molecule has 0 aliphatic heterocycles. The van der Waals surface area contributed by atoms with Crippen LogP contribution in [0.3, 0.4) is 0 Å². The van der Waals surface area contributed by atoms with Gasteiger partial charge < -0.3 is 9.84 Å². The Bertz CT molecular complexity index is 477. The molecular formula is C32H62O4. The Morgan fingerprint density at radius 2 is 0.833 bits per heavy atom. The third-order valence-corrected chi connectivity index (χ3v) is 7.33. The predicted octanol–water partition coefficient (Wildman–Crippen LogP) is 10.6. The van der Waals surface area contributed by atoms with Crippen LogP contribution in [-0.4, -0.2) is 23.1 Å². The highest BCUT2D eigenvalue weighted by atomic mass is 16.5. The Labute approximate surface area is 224 Å². The molecule has 214 valence electrons. The van der Waals surface area contributed by atoms with Crippen LogP contribution in [-0.2, 0) is 14.3 Å². The lowest BCUT2D eigenvalue weighted by molar-refractivity contribution is -0.150. The Hall–Kier alpha value is -1.06. The Kier molecular flexibility index (Phi) is 27.7. The molecular weight excluding hydrogens is 448 g/mol. The quantitative estimate of drug-likeness (QED) is 0.0802. The first-order valence-corrected chi connectivity index (χ1v) is 16.0. The third-order valence-electron chi connectivity index (χ3n) is 7.33. The largest absolute Gasteiger partial charge is 0.481 e. The number of carboxylic acid groups (broad SMARTS) is 1. The van der Waals surface area contributed by atoms with Gasteiger partial charge in [0.15, 0.2) is 0 Å². The maximum Gasteiger partial charge on any atom is 0.306 e. The molecule has 0 aliphatic carbocycles. The molecule has 0 bridgehead atoms. The van der Waals surface area contributed by atoms with Crippen LogP contribution >= 0.6 is 0 Å². The van der Waals surface area contributed by atoms with Crippen molar-refractivity contribution < 1.29 is 19.4 Å². The topological polar surface area (TPSA) is 63.6 Å².